The van der Waals surface area contributed by atoms with Crippen molar-refractivity contribution >= 4 is 17.2 Å². The van der Waals surface area contributed by atoms with E-state index in [0.717, 1.165) is 10.6 Å². The lowest BCUT2D eigenvalue weighted by Gasteiger charge is -2.20. The highest BCUT2D eigenvalue weighted by Crippen LogP contribution is 2.13. The van der Waals surface area contributed by atoms with E-state index in [9.17, 15) is 4.79 Å². The van der Waals surface area contributed by atoms with Gasteiger partial charge in [-0.25, -0.2) is 4.98 Å². The van der Waals surface area contributed by atoms with E-state index in [0.29, 0.717) is 6.42 Å². The SMILES string of the molecule is Cc1ncsc1CC(=O)NC(C)(C)C. The molecule has 0 unspecified atom stereocenters. The van der Waals surface area contributed by atoms with Gasteiger partial charge in [0.1, 0.15) is 0 Å². The second-order valence-electron chi connectivity index (χ2n) is 4.34. The van der Waals surface area contributed by atoms with E-state index in [1.807, 2.05) is 27.7 Å². The summed E-state index contributed by atoms with van der Waals surface area (Å²) in [7, 11) is 0. The molecule has 1 N–H and O–H groups in total. The number of carbonyl (C=O) groups excluding carboxylic acids is 1. The lowest BCUT2D eigenvalue weighted by atomic mass is 10.1. The quantitative estimate of drug-likeness (QED) is 0.813. The van der Waals surface area contributed by atoms with Crippen LogP contribution in [-0.2, 0) is 11.2 Å². The Morgan fingerprint density at radius 3 is 2.64 bits per heavy atom. The summed E-state index contributed by atoms with van der Waals surface area (Å²) in [4.78, 5) is 16.7. The average molecular weight is 212 g/mol. The first-order valence-corrected chi connectivity index (χ1v) is 5.46. The van der Waals surface area contributed by atoms with Crippen LogP contribution in [0.4, 0.5) is 0 Å². The summed E-state index contributed by atoms with van der Waals surface area (Å²) in [5.41, 5.74) is 2.57. The first kappa shape index (κ1) is 11.2. The molecule has 3 nitrogen and oxygen atoms in total. The molecule has 1 rings (SSSR count). The zero-order chi connectivity index (χ0) is 10.8. The summed E-state index contributed by atoms with van der Waals surface area (Å²) in [6, 6.07) is 0. The van der Waals surface area contributed by atoms with Crippen LogP contribution in [0.3, 0.4) is 0 Å². The van der Waals surface area contributed by atoms with Gasteiger partial charge < -0.3 is 5.32 Å². The maximum Gasteiger partial charge on any atom is 0.225 e. The Balaban J connectivity index is 2.54. The van der Waals surface area contributed by atoms with Gasteiger partial charge in [-0.2, -0.15) is 0 Å². The summed E-state index contributed by atoms with van der Waals surface area (Å²) in [6.07, 6.45) is 0.438. The molecule has 1 aromatic rings. The molecule has 0 atom stereocenters. The molecule has 1 amide bonds. The van der Waals surface area contributed by atoms with Crippen LogP contribution in [0.25, 0.3) is 0 Å². The lowest BCUT2D eigenvalue weighted by molar-refractivity contribution is -0.121. The molecule has 0 spiro atoms. The third-order valence-electron chi connectivity index (χ3n) is 1.68. The fourth-order valence-electron chi connectivity index (χ4n) is 1.10. The molecule has 1 aromatic heterocycles. The number of aromatic nitrogens is 1. The number of nitrogens with zero attached hydrogens (tertiary/aromatic N) is 1. The van der Waals surface area contributed by atoms with Gasteiger partial charge in [0.25, 0.3) is 0 Å². The fourth-order valence-corrected chi connectivity index (χ4v) is 1.88. The number of aryl methyl sites for hydroxylation is 1. The predicted molar refractivity (Wildman–Crippen MR) is 58.5 cm³/mol. The third kappa shape index (κ3) is 3.46. The Morgan fingerprint density at radius 2 is 2.21 bits per heavy atom. The smallest absolute Gasteiger partial charge is 0.225 e. The van der Waals surface area contributed by atoms with Crippen molar-refractivity contribution in [2.75, 3.05) is 0 Å². The normalized spacial score (nSPS) is 11.4. The Morgan fingerprint density at radius 1 is 1.57 bits per heavy atom. The number of thiazole rings is 1. The minimum absolute atomic E-state index is 0.0600. The van der Waals surface area contributed by atoms with E-state index in [1.54, 1.807) is 5.51 Å². The monoisotopic (exact) mass is 212 g/mol. The molecule has 0 aliphatic rings. The highest BCUT2D eigenvalue weighted by molar-refractivity contribution is 7.09. The molecule has 4 heteroatoms. The zero-order valence-electron chi connectivity index (χ0n) is 9.05. The predicted octanol–water partition coefficient (Wildman–Crippen LogP) is 1.91. The standard InChI is InChI=1S/C10H16N2OS/c1-7-8(14-6-11-7)5-9(13)12-10(2,3)4/h6H,5H2,1-4H3,(H,12,13). The number of nitrogens with one attached hydrogen (secondary N) is 1. The maximum absolute atomic E-state index is 11.5. The number of amides is 1. The van der Waals surface area contributed by atoms with Gasteiger partial charge in [0, 0.05) is 10.4 Å². The number of hydrogen-bond acceptors (Lipinski definition) is 3. The van der Waals surface area contributed by atoms with Gasteiger partial charge in [-0.1, -0.05) is 0 Å². The minimum atomic E-state index is -0.157. The Labute approximate surface area is 88.6 Å². The average Bonchev–Trinajstić information content (AvgIpc) is 2.32. The van der Waals surface area contributed by atoms with E-state index in [-0.39, 0.29) is 11.4 Å². The topological polar surface area (TPSA) is 42.0 Å². The van der Waals surface area contributed by atoms with Crippen molar-refractivity contribution in [3.8, 4) is 0 Å². The van der Waals surface area contributed by atoms with E-state index >= 15 is 0 Å². The third-order valence-corrected chi connectivity index (χ3v) is 2.62. The number of hydrogen-bond donors (Lipinski definition) is 1. The lowest BCUT2D eigenvalue weighted by Crippen LogP contribution is -2.41. The van der Waals surface area contributed by atoms with Gasteiger partial charge in [0.05, 0.1) is 17.6 Å². The molecule has 0 aromatic carbocycles. The summed E-state index contributed by atoms with van der Waals surface area (Å²) in [5, 5.41) is 2.92. The van der Waals surface area contributed by atoms with Crippen LogP contribution >= 0.6 is 11.3 Å². The van der Waals surface area contributed by atoms with Crippen LogP contribution < -0.4 is 5.32 Å². The van der Waals surface area contributed by atoms with Crippen LogP contribution in [0.1, 0.15) is 31.3 Å². The van der Waals surface area contributed by atoms with Crippen LogP contribution in [0.2, 0.25) is 0 Å². The van der Waals surface area contributed by atoms with Gasteiger partial charge in [-0.15, -0.1) is 11.3 Å². The highest BCUT2D eigenvalue weighted by atomic mass is 32.1. The molecule has 0 fully saturated rings. The molecule has 78 valence electrons. The first-order valence-electron chi connectivity index (χ1n) is 4.58. The van der Waals surface area contributed by atoms with Crippen LogP contribution in [-0.4, -0.2) is 16.4 Å². The first-order chi connectivity index (χ1) is 6.38. The minimum Gasteiger partial charge on any atom is -0.351 e. The molecule has 0 bridgehead atoms. The van der Waals surface area contributed by atoms with E-state index in [4.69, 9.17) is 0 Å². The largest absolute Gasteiger partial charge is 0.351 e. The van der Waals surface area contributed by atoms with Gasteiger partial charge in [-0.3, -0.25) is 4.79 Å². The molecule has 14 heavy (non-hydrogen) atoms. The summed E-state index contributed by atoms with van der Waals surface area (Å²) < 4.78 is 0. The van der Waals surface area contributed by atoms with Crippen molar-refractivity contribution in [1.82, 2.24) is 10.3 Å². The number of carbonyl (C=O) groups is 1. The Kier molecular flexibility index (Phi) is 3.26. The van der Waals surface area contributed by atoms with Crippen molar-refractivity contribution < 1.29 is 4.79 Å². The van der Waals surface area contributed by atoms with Crippen molar-refractivity contribution in [3.05, 3.63) is 16.1 Å². The molecule has 0 radical (unpaired) electrons. The molecular formula is C10H16N2OS. The second kappa shape index (κ2) is 4.09. The number of rotatable bonds is 2. The van der Waals surface area contributed by atoms with Gasteiger partial charge >= 0.3 is 0 Å². The molecule has 0 saturated carbocycles. The zero-order valence-corrected chi connectivity index (χ0v) is 9.86. The summed E-state index contributed by atoms with van der Waals surface area (Å²) >= 11 is 1.53. The fraction of sp³-hybridized carbons (Fsp3) is 0.600. The van der Waals surface area contributed by atoms with E-state index < -0.39 is 0 Å². The molecule has 1 heterocycles. The summed E-state index contributed by atoms with van der Waals surface area (Å²) in [5.74, 6) is 0.0600. The van der Waals surface area contributed by atoms with E-state index in [1.165, 1.54) is 11.3 Å². The molecule has 0 aliphatic heterocycles. The van der Waals surface area contributed by atoms with Gasteiger partial charge in [-0.05, 0) is 27.7 Å². The van der Waals surface area contributed by atoms with Crippen LogP contribution in [0.15, 0.2) is 5.51 Å². The van der Waals surface area contributed by atoms with Crippen LogP contribution in [0.5, 0.6) is 0 Å². The maximum atomic E-state index is 11.5. The highest BCUT2D eigenvalue weighted by Gasteiger charge is 2.15. The molecule has 0 aliphatic carbocycles. The van der Waals surface area contributed by atoms with Crippen molar-refractivity contribution in [2.45, 2.75) is 39.7 Å². The van der Waals surface area contributed by atoms with Crippen molar-refractivity contribution in [2.24, 2.45) is 0 Å². The second-order valence-corrected chi connectivity index (χ2v) is 5.28. The Hall–Kier alpha value is -0.900. The molecule has 0 saturated heterocycles. The van der Waals surface area contributed by atoms with E-state index in [2.05, 4.69) is 10.3 Å². The van der Waals surface area contributed by atoms with Gasteiger partial charge in [0.2, 0.25) is 5.91 Å². The summed E-state index contributed by atoms with van der Waals surface area (Å²) in [6.45, 7) is 7.86. The van der Waals surface area contributed by atoms with Gasteiger partial charge in [0.15, 0.2) is 0 Å². The van der Waals surface area contributed by atoms with Crippen molar-refractivity contribution in [1.29, 1.82) is 0 Å². The Bertz CT molecular complexity index is 325. The van der Waals surface area contributed by atoms with Crippen molar-refractivity contribution in [3.63, 3.8) is 0 Å². The molecular weight excluding hydrogens is 196 g/mol. The van der Waals surface area contributed by atoms with Crippen LogP contribution in [0, 0.1) is 6.92 Å².